The van der Waals surface area contributed by atoms with Crippen molar-refractivity contribution in [1.29, 1.82) is 0 Å². The fourth-order valence-corrected chi connectivity index (χ4v) is 1.64. The molecule has 0 bridgehead atoms. The number of nitrogens with zero attached hydrogens (tertiary/aromatic N) is 4. The molecule has 2 aromatic rings. The lowest BCUT2D eigenvalue weighted by Crippen LogP contribution is -2.09. The highest BCUT2D eigenvalue weighted by Crippen LogP contribution is 2.12. The van der Waals surface area contributed by atoms with Gasteiger partial charge in [0.1, 0.15) is 12.1 Å². The lowest BCUT2D eigenvalue weighted by molar-refractivity contribution is 0.232. The minimum Gasteiger partial charge on any atom is -0.475 e. The zero-order valence-electron chi connectivity index (χ0n) is 11.3. The third-order valence-electron chi connectivity index (χ3n) is 2.46. The van der Waals surface area contributed by atoms with Gasteiger partial charge in [-0.3, -0.25) is 0 Å². The van der Waals surface area contributed by atoms with Gasteiger partial charge in [-0.15, -0.1) is 0 Å². The van der Waals surface area contributed by atoms with Crippen molar-refractivity contribution in [3.8, 4) is 5.88 Å². The van der Waals surface area contributed by atoms with Crippen LogP contribution in [0.2, 0.25) is 0 Å². The number of aromatic nitrogens is 4. The van der Waals surface area contributed by atoms with Crippen LogP contribution < -0.4 is 10.1 Å². The number of anilines is 1. The standard InChI is InChI=1S/C13H19N5O/c1-11(2)19-13-8-12(16-9-17-13)15-4-3-6-18-7-5-14-10-18/h5,7-11H,3-4,6H2,1-2H3,(H,15,16,17). The summed E-state index contributed by atoms with van der Waals surface area (Å²) < 4.78 is 7.57. The van der Waals surface area contributed by atoms with Crippen LogP contribution in [-0.2, 0) is 6.54 Å². The number of nitrogens with one attached hydrogen (secondary N) is 1. The lowest BCUT2D eigenvalue weighted by atomic mass is 10.4. The first kappa shape index (κ1) is 13.3. The Morgan fingerprint density at radius 3 is 3.00 bits per heavy atom. The van der Waals surface area contributed by atoms with E-state index < -0.39 is 0 Å². The van der Waals surface area contributed by atoms with Gasteiger partial charge in [0.25, 0.3) is 0 Å². The summed E-state index contributed by atoms with van der Waals surface area (Å²) in [6.45, 7) is 5.73. The van der Waals surface area contributed by atoms with E-state index in [2.05, 4.69) is 24.8 Å². The highest BCUT2D eigenvalue weighted by Gasteiger charge is 2.01. The fourth-order valence-electron chi connectivity index (χ4n) is 1.64. The summed E-state index contributed by atoms with van der Waals surface area (Å²) in [5, 5.41) is 3.26. The van der Waals surface area contributed by atoms with Gasteiger partial charge in [-0.1, -0.05) is 0 Å². The summed E-state index contributed by atoms with van der Waals surface area (Å²) in [5.41, 5.74) is 0. The zero-order chi connectivity index (χ0) is 13.5. The molecule has 0 unspecified atom stereocenters. The Hall–Kier alpha value is -2.11. The first-order valence-corrected chi connectivity index (χ1v) is 6.42. The number of ether oxygens (including phenoxy) is 1. The van der Waals surface area contributed by atoms with E-state index in [1.54, 1.807) is 6.20 Å². The molecule has 1 N–H and O–H groups in total. The summed E-state index contributed by atoms with van der Waals surface area (Å²) in [5.74, 6) is 1.39. The molecule has 0 aliphatic heterocycles. The van der Waals surface area contributed by atoms with Crippen LogP contribution in [0.15, 0.2) is 31.1 Å². The van der Waals surface area contributed by atoms with E-state index in [9.17, 15) is 0 Å². The Labute approximate surface area is 112 Å². The van der Waals surface area contributed by atoms with E-state index in [4.69, 9.17) is 4.74 Å². The fraction of sp³-hybridized carbons (Fsp3) is 0.462. The van der Waals surface area contributed by atoms with Crippen LogP contribution in [0.5, 0.6) is 5.88 Å². The molecule has 102 valence electrons. The normalized spacial score (nSPS) is 10.7. The molecule has 0 amide bonds. The summed E-state index contributed by atoms with van der Waals surface area (Å²) in [6.07, 6.45) is 8.19. The van der Waals surface area contributed by atoms with E-state index in [-0.39, 0.29) is 6.10 Å². The topological polar surface area (TPSA) is 64.9 Å². The van der Waals surface area contributed by atoms with Gasteiger partial charge in [-0.2, -0.15) is 0 Å². The highest BCUT2D eigenvalue weighted by atomic mass is 16.5. The van der Waals surface area contributed by atoms with Gasteiger partial charge in [0.2, 0.25) is 5.88 Å². The third-order valence-corrected chi connectivity index (χ3v) is 2.46. The Morgan fingerprint density at radius 2 is 2.26 bits per heavy atom. The van der Waals surface area contributed by atoms with E-state index >= 15 is 0 Å². The van der Waals surface area contributed by atoms with Gasteiger partial charge < -0.3 is 14.6 Å². The molecule has 0 aliphatic rings. The SMILES string of the molecule is CC(C)Oc1cc(NCCCn2ccnc2)ncn1. The van der Waals surface area contributed by atoms with Crippen LogP contribution in [0, 0.1) is 0 Å². The molecule has 2 aromatic heterocycles. The summed E-state index contributed by atoms with van der Waals surface area (Å²) in [6, 6.07) is 1.82. The molecule has 0 spiro atoms. The Balaban J connectivity index is 1.76. The average Bonchev–Trinajstić information content (AvgIpc) is 2.87. The maximum Gasteiger partial charge on any atom is 0.218 e. The van der Waals surface area contributed by atoms with Crippen molar-refractivity contribution in [2.75, 3.05) is 11.9 Å². The van der Waals surface area contributed by atoms with Crippen molar-refractivity contribution in [2.45, 2.75) is 32.9 Å². The molecule has 2 heterocycles. The first-order valence-electron chi connectivity index (χ1n) is 6.42. The highest BCUT2D eigenvalue weighted by molar-refractivity contribution is 5.36. The average molecular weight is 261 g/mol. The molecule has 0 aromatic carbocycles. The van der Waals surface area contributed by atoms with E-state index in [1.165, 1.54) is 6.33 Å². The van der Waals surface area contributed by atoms with Gasteiger partial charge in [0.05, 0.1) is 12.4 Å². The summed E-state index contributed by atoms with van der Waals surface area (Å²) >= 11 is 0. The Morgan fingerprint density at radius 1 is 1.37 bits per heavy atom. The zero-order valence-corrected chi connectivity index (χ0v) is 11.3. The molecule has 0 aliphatic carbocycles. The molecule has 0 fully saturated rings. The van der Waals surface area contributed by atoms with Crippen LogP contribution in [-0.4, -0.2) is 32.2 Å². The Kier molecular flexibility index (Phi) is 4.72. The second-order valence-corrected chi connectivity index (χ2v) is 4.49. The van der Waals surface area contributed by atoms with E-state index in [0.29, 0.717) is 5.88 Å². The van der Waals surface area contributed by atoms with Gasteiger partial charge in [-0.25, -0.2) is 15.0 Å². The molecule has 0 saturated heterocycles. The lowest BCUT2D eigenvalue weighted by Gasteiger charge is -2.10. The van der Waals surface area contributed by atoms with E-state index in [1.807, 2.05) is 32.4 Å². The summed E-state index contributed by atoms with van der Waals surface area (Å²) in [4.78, 5) is 12.2. The third kappa shape index (κ3) is 4.57. The number of hydrogen-bond acceptors (Lipinski definition) is 5. The van der Waals surface area contributed by atoms with Crippen LogP contribution in [0.4, 0.5) is 5.82 Å². The van der Waals surface area contributed by atoms with E-state index in [0.717, 1.165) is 25.3 Å². The maximum atomic E-state index is 5.52. The first-order chi connectivity index (χ1) is 9.24. The Bertz CT molecular complexity index is 484. The number of imidazole rings is 1. The molecule has 6 nitrogen and oxygen atoms in total. The van der Waals surface area contributed by atoms with Crippen molar-refractivity contribution in [2.24, 2.45) is 0 Å². The molecule has 0 radical (unpaired) electrons. The molecule has 0 saturated carbocycles. The predicted octanol–water partition coefficient (Wildman–Crippen LogP) is 1.96. The van der Waals surface area contributed by atoms with Crippen LogP contribution in [0.25, 0.3) is 0 Å². The maximum absolute atomic E-state index is 5.52. The molecule has 2 rings (SSSR count). The molecule has 19 heavy (non-hydrogen) atoms. The van der Waals surface area contributed by atoms with Gasteiger partial charge >= 0.3 is 0 Å². The van der Waals surface area contributed by atoms with Gasteiger partial charge in [-0.05, 0) is 20.3 Å². The second-order valence-electron chi connectivity index (χ2n) is 4.49. The van der Waals surface area contributed by atoms with Gasteiger partial charge in [0.15, 0.2) is 0 Å². The minimum atomic E-state index is 0.115. The number of rotatable bonds is 7. The van der Waals surface area contributed by atoms with Crippen LogP contribution >= 0.6 is 0 Å². The van der Waals surface area contributed by atoms with Gasteiger partial charge in [0, 0.05) is 31.5 Å². The van der Waals surface area contributed by atoms with Crippen LogP contribution in [0.3, 0.4) is 0 Å². The van der Waals surface area contributed by atoms with Crippen molar-refractivity contribution in [3.05, 3.63) is 31.1 Å². The number of hydrogen-bond donors (Lipinski definition) is 1. The molecule has 0 atom stereocenters. The van der Waals surface area contributed by atoms with Crippen molar-refractivity contribution in [3.63, 3.8) is 0 Å². The number of aryl methyl sites for hydroxylation is 1. The quantitative estimate of drug-likeness (QED) is 0.772. The minimum absolute atomic E-state index is 0.115. The van der Waals surface area contributed by atoms with Crippen molar-refractivity contribution < 1.29 is 4.74 Å². The largest absolute Gasteiger partial charge is 0.475 e. The van der Waals surface area contributed by atoms with Crippen molar-refractivity contribution >= 4 is 5.82 Å². The monoisotopic (exact) mass is 261 g/mol. The summed E-state index contributed by atoms with van der Waals surface area (Å²) in [7, 11) is 0. The van der Waals surface area contributed by atoms with Crippen LogP contribution in [0.1, 0.15) is 20.3 Å². The van der Waals surface area contributed by atoms with Crippen molar-refractivity contribution in [1.82, 2.24) is 19.5 Å². The molecule has 6 heteroatoms. The molecular weight excluding hydrogens is 242 g/mol. The predicted molar refractivity (Wildman–Crippen MR) is 73.1 cm³/mol. The second kappa shape index (κ2) is 6.72. The molecular formula is C13H19N5O. The smallest absolute Gasteiger partial charge is 0.218 e.